The molecular weight excluding hydrogens is 440 g/mol. The van der Waals surface area contributed by atoms with Crippen LogP contribution in [0.2, 0.25) is 0 Å². The largest absolute Gasteiger partial charge is 0.534 e. The van der Waals surface area contributed by atoms with Crippen LogP contribution in [0.3, 0.4) is 0 Å². The van der Waals surface area contributed by atoms with E-state index in [1.54, 1.807) is 6.92 Å². The van der Waals surface area contributed by atoms with E-state index in [0.29, 0.717) is 43.5 Å². The third kappa shape index (κ3) is 3.77. The molecule has 0 N–H and O–H groups in total. The third-order valence-electron chi connectivity index (χ3n) is 6.04. The Labute approximate surface area is 176 Å². The Balaban J connectivity index is 1.95. The van der Waals surface area contributed by atoms with Crippen molar-refractivity contribution in [3.63, 3.8) is 0 Å². The van der Waals surface area contributed by atoms with Crippen LogP contribution >= 0.6 is 0 Å². The van der Waals surface area contributed by atoms with E-state index < -0.39 is 32.8 Å². The van der Waals surface area contributed by atoms with Gasteiger partial charge in [0.1, 0.15) is 5.82 Å². The SMILES string of the molecule is CC[C@H]1CCN(c2c(F)cc3c(OS(=O)(=O)C(F)(F)F)cc(=O)n(C4CC4)c3c2C)C1. The number of fused-ring (bicyclic) bond motifs is 1. The maximum absolute atomic E-state index is 15.2. The fourth-order valence-electron chi connectivity index (χ4n) is 4.31. The Morgan fingerprint density at radius 3 is 2.42 bits per heavy atom. The number of benzene rings is 1. The molecule has 1 atom stereocenters. The second-order valence-electron chi connectivity index (χ2n) is 8.17. The van der Waals surface area contributed by atoms with Gasteiger partial charge in [-0.25, -0.2) is 4.39 Å². The summed E-state index contributed by atoms with van der Waals surface area (Å²) in [6.07, 6.45) is 3.22. The highest BCUT2D eigenvalue weighted by molar-refractivity contribution is 7.88. The summed E-state index contributed by atoms with van der Waals surface area (Å²) in [4.78, 5) is 14.6. The van der Waals surface area contributed by atoms with Crippen molar-refractivity contribution in [3.8, 4) is 5.75 Å². The average molecular weight is 462 g/mol. The zero-order valence-electron chi connectivity index (χ0n) is 17.0. The standard InChI is InChI=1S/C20H22F4N2O4S/c1-3-12-6-7-25(10-12)19-11(2)18-14(8-15(19)21)16(30-31(28,29)20(22,23)24)9-17(27)26(18)13-4-5-13/h8-9,12-13H,3-7,10H2,1-2H3/t12-/m0/s1. The molecule has 1 saturated heterocycles. The van der Waals surface area contributed by atoms with E-state index in [1.165, 1.54) is 4.57 Å². The third-order valence-corrected chi connectivity index (χ3v) is 7.00. The summed E-state index contributed by atoms with van der Waals surface area (Å²) in [6.45, 7) is 4.90. The van der Waals surface area contributed by atoms with Gasteiger partial charge in [0.25, 0.3) is 5.56 Å². The van der Waals surface area contributed by atoms with E-state index in [1.807, 2.05) is 11.8 Å². The maximum atomic E-state index is 15.2. The van der Waals surface area contributed by atoms with E-state index in [9.17, 15) is 26.4 Å². The molecule has 1 aromatic carbocycles. The van der Waals surface area contributed by atoms with Crippen molar-refractivity contribution in [1.82, 2.24) is 4.57 Å². The zero-order chi connectivity index (χ0) is 22.7. The second-order valence-corrected chi connectivity index (χ2v) is 9.71. The minimum Gasteiger partial charge on any atom is -0.375 e. The van der Waals surface area contributed by atoms with Crippen molar-refractivity contribution in [2.75, 3.05) is 18.0 Å². The lowest BCUT2D eigenvalue weighted by molar-refractivity contribution is -0.0499. The maximum Gasteiger partial charge on any atom is 0.534 e. The molecule has 170 valence electrons. The van der Waals surface area contributed by atoms with Crippen LogP contribution in [0, 0.1) is 18.7 Å². The number of hydrogen-bond donors (Lipinski definition) is 0. The molecule has 0 unspecified atom stereocenters. The zero-order valence-corrected chi connectivity index (χ0v) is 17.8. The summed E-state index contributed by atoms with van der Waals surface area (Å²) in [7, 11) is -6.02. The van der Waals surface area contributed by atoms with Gasteiger partial charge in [-0.2, -0.15) is 21.6 Å². The van der Waals surface area contributed by atoms with Gasteiger partial charge < -0.3 is 13.7 Å². The number of aromatic nitrogens is 1. The molecule has 0 bridgehead atoms. The lowest BCUT2D eigenvalue weighted by Gasteiger charge is -2.25. The van der Waals surface area contributed by atoms with Crippen molar-refractivity contribution in [2.45, 2.75) is 51.1 Å². The molecule has 2 fully saturated rings. The number of nitrogens with zero attached hydrogens (tertiary/aromatic N) is 2. The number of halogens is 4. The number of pyridine rings is 1. The molecule has 11 heteroatoms. The molecule has 2 aromatic rings. The first-order chi connectivity index (χ1) is 14.4. The van der Waals surface area contributed by atoms with Gasteiger partial charge >= 0.3 is 15.6 Å². The van der Waals surface area contributed by atoms with Crippen LogP contribution in [0.1, 0.15) is 44.2 Å². The molecule has 1 aliphatic heterocycles. The summed E-state index contributed by atoms with van der Waals surface area (Å²) in [5.74, 6) is -1.13. The molecule has 0 radical (unpaired) electrons. The molecule has 1 saturated carbocycles. The summed E-state index contributed by atoms with van der Waals surface area (Å²) >= 11 is 0. The van der Waals surface area contributed by atoms with Crippen molar-refractivity contribution in [3.05, 3.63) is 33.9 Å². The highest BCUT2D eigenvalue weighted by Gasteiger charge is 2.49. The van der Waals surface area contributed by atoms with Crippen LogP contribution < -0.4 is 14.6 Å². The fourth-order valence-corrected chi connectivity index (χ4v) is 4.78. The Bertz CT molecular complexity index is 1200. The Hall–Kier alpha value is -2.30. The minimum atomic E-state index is -6.02. The highest BCUT2D eigenvalue weighted by Crippen LogP contribution is 2.43. The van der Waals surface area contributed by atoms with Crippen LogP contribution in [-0.4, -0.2) is 31.6 Å². The molecule has 2 aliphatic rings. The predicted molar refractivity (Wildman–Crippen MR) is 107 cm³/mol. The van der Waals surface area contributed by atoms with Gasteiger partial charge in [-0.05, 0) is 43.7 Å². The molecule has 4 rings (SSSR count). The van der Waals surface area contributed by atoms with Gasteiger partial charge in [-0.3, -0.25) is 4.79 Å². The fraction of sp³-hybridized carbons (Fsp3) is 0.550. The Kier molecular flexibility index (Phi) is 5.22. The minimum absolute atomic E-state index is 0.165. The van der Waals surface area contributed by atoms with Crippen LogP contribution in [0.4, 0.5) is 23.2 Å². The molecule has 0 spiro atoms. The first-order valence-corrected chi connectivity index (χ1v) is 11.5. The molecule has 1 aromatic heterocycles. The summed E-state index contributed by atoms with van der Waals surface area (Å²) < 4.78 is 82.6. The number of aryl methyl sites for hydroxylation is 1. The Morgan fingerprint density at radius 2 is 1.87 bits per heavy atom. The monoisotopic (exact) mass is 462 g/mol. The van der Waals surface area contributed by atoms with Gasteiger partial charge in [0.15, 0.2) is 5.75 Å². The quantitative estimate of drug-likeness (QED) is 0.378. The first kappa shape index (κ1) is 21.9. The molecule has 31 heavy (non-hydrogen) atoms. The van der Waals surface area contributed by atoms with E-state index in [0.717, 1.165) is 18.9 Å². The molecule has 6 nitrogen and oxygen atoms in total. The number of alkyl halides is 3. The Morgan fingerprint density at radius 1 is 1.19 bits per heavy atom. The van der Waals surface area contributed by atoms with Gasteiger partial charge in [-0.1, -0.05) is 13.3 Å². The second kappa shape index (κ2) is 7.39. The van der Waals surface area contributed by atoms with E-state index in [4.69, 9.17) is 0 Å². The van der Waals surface area contributed by atoms with Gasteiger partial charge in [0.05, 0.1) is 11.2 Å². The average Bonchev–Trinajstić information content (AvgIpc) is 3.38. The lowest BCUT2D eigenvalue weighted by Crippen LogP contribution is -2.29. The molecular formula is C20H22F4N2O4S. The van der Waals surface area contributed by atoms with E-state index in [-0.39, 0.29) is 22.6 Å². The summed E-state index contributed by atoms with van der Waals surface area (Å²) in [5, 5.41) is -0.177. The van der Waals surface area contributed by atoms with Crippen LogP contribution in [0.5, 0.6) is 5.75 Å². The molecule has 2 heterocycles. The summed E-state index contributed by atoms with van der Waals surface area (Å²) in [5.41, 5.74) is -5.49. The van der Waals surface area contributed by atoms with Gasteiger partial charge in [0, 0.05) is 30.6 Å². The van der Waals surface area contributed by atoms with Crippen molar-refractivity contribution >= 4 is 26.7 Å². The first-order valence-electron chi connectivity index (χ1n) is 10.1. The summed E-state index contributed by atoms with van der Waals surface area (Å²) in [6, 6.07) is 1.49. The van der Waals surface area contributed by atoms with Crippen molar-refractivity contribution < 1.29 is 30.2 Å². The van der Waals surface area contributed by atoms with Crippen molar-refractivity contribution in [2.24, 2.45) is 5.92 Å². The topological polar surface area (TPSA) is 68.6 Å². The normalized spacial score (nSPS) is 19.9. The van der Waals surface area contributed by atoms with Gasteiger partial charge in [-0.15, -0.1) is 0 Å². The smallest absolute Gasteiger partial charge is 0.375 e. The predicted octanol–water partition coefficient (Wildman–Crippen LogP) is 4.25. The molecule has 1 aliphatic carbocycles. The number of anilines is 1. The van der Waals surface area contributed by atoms with Crippen LogP contribution in [-0.2, 0) is 10.1 Å². The van der Waals surface area contributed by atoms with Crippen LogP contribution in [0.25, 0.3) is 10.9 Å². The van der Waals surface area contributed by atoms with E-state index in [2.05, 4.69) is 4.18 Å². The number of rotatable bonds is 5. The van der Waals surface area contributed by atoms with Crippen LogP contribution in [0.15, 0.2) is 16.9 Å². The van der Waals surface area contributed by atoms with Crippen molar-refractivity contribution in [1.29, 1.82) is 0 Å². The highest BCUT2D eigenvalue weighted by atomic mass is 32.2. The van der Waals surface area contributed by atoms with E-state index >= 15 is 4.39 Å². The van der Waals surface area contributed by atoms with Gasteiger partial charge in [0.2, 0.25) is 0 Å². The lowest BCUT2D eigenvalue weighted by atomic mass is 10.0. The molecule has 0 amide bonds. The number of hydrogen-bond acceptors (Lipinski definition) is 5.